The minimum atomic E-state index is -0.0652. The Morgan fingerprint density at radius 3 is 2.73 bits per heavy atom. The second-order valence-electron chi connectivity index (χ2n) is 6.31. The molecule has 1 N–H and O–H groups in total. The van der Waals surface area contributed by atoms with Crippen LogP contribution in [0.2, 0.25) is 0 Å². The number of carbonyl (C=O) groups is 1. The smallest absolute Gasteiger partial charge is 0.268 e. The maximum absolute atomic E-state index is 12.5. The highest BCUT2D eigenvalue weighted by atomic mass is 16.1. The zero-order chi connectivity index (χ0) is 18.2. The van der Waals surface area contributed by atoms with Crippen molar-refractivity contribution in [3.8, 4) is 5.69 Å². The first-order chi connectivity index (χ1) is 12.7. The lowest BCUT2D eigenvalue weighted by atomic mass is 10.2. The highest BCUT2D eigenvalue weighted by molar-refractivity contribution is 5.93. The van der Waals surface area contributed by atoms with E-state index < -0.39 is 0 Å². The molecule has 0 aliphatic heterocycles. The van der Waals surface area contributed by atoms with Crippen molar-refractivity contribution in [3.05, 3.63) is 84.4 Å². The summed E-state index contributed by atoms with van der Waals surface area (Å²) in [6.45, 7) is 2.49. The number of nitrogens with one attached hydrogen (secondary N) is 1. The fraction of sp³-hybridized carbons (Fsp3) is 0.238. The van der Waals surface area contributed by atoms with Crippen LogP contribution >= 0.6 is 0 Å². The van der Waals surface area contributed by atoms with Crippen LogP contribution < -0.4 is 5.32 Å². The Kier molecular flexibility index (Phi) is 6.17. The molecule has 0 bridgehead atoms. The molecule has 0 spiro atoms. The lowest BCUT2D eigenvalue weighted by Crippen LogP contribution is -2.29. The van der Waals surface area contributed by atoms with Gasteiger partial charge in [-0.25, -0.2) is 0 Å². The molecular formula is C21H24N4O. The van der Waals surface area contributed by atoms with Gasteiger partial charge in [-0.05, 0) is 49.8 Å². The summed E-state index contributed by atoms with van der Waals surface area (Å²) in [7, 11) is 2.10. The molecular weight excluding hydrogens is 324 g/mol. The van der Waals surface area contributed by atoms with Gasteiger partial charge in [-0.2, -0.15) is 0 Å². The molecule has 134 valence electrons. The van der Waals surface area contributed by atoms with E-state index in [-0.39, 0.29) is 5.91 Å². The molecule has 0 aliphatic carbocycles. The van der Waals surface area contributed by atoms with Gasteiger partial charge in [-0.15, -0.1) is 0 Å². The summed E-state index contributed by atoms with van der Waals surface area (Å²) >= 11 is 0. The van der Waals surface area contributed by atoms with Gasteiger partial charge in [0.1, 0.15) is 5.69 Å². The van der Waals surface area contributed by atoms with Crippen LogP contribution in [0.15, 0.2) is 73.2 Å². The van der Waals surface area contributed by atoms with Crippen molar-refractivity contribution in [1.82, 2.24) is 19.8 Å². The van der Waals surface area contributed by atoms with Crippen molar-refractivity contribution in [2.45, 2.75) is 13.0 Å². The Hall–Kier alpha value is -2.92. The number of hydrogen-bond acceptors (Lipinski definition) is 3. The minimum Gasteiger partial charge on any atom is -0.351 e. The molecule has 2 heterocycles. The summed E-state index contributed by atoms with van der Waals surface area (Å²) in [6, 6.07) is 17.9. The molecule has 26 heavy (non-hydrogen) atoms. The third-order valence-corrected chi connectivity index (χ3v) is 4.20. The second kappa shape index (κ2) is 8.97. The van der Waals surface area contributed by atoms with E-state index in [1.165, 1.54) is 5.56 Å². The molecule has 0 unspecified atom stereocenters. The summed E-state index contributed by atoms with van der Waals surface area (Å²) in [5.41, 5.74) is 2.80. The Morgan fingerprint density at radius 2 is 1.96 bits per heavy atom. The number of rotatable bonds is 8. The predicted molar refractivity (Wildman–Crippen MR) is 103 cm³/mol. The molecule has 3 rings (SSSR count). The van der Waals surface area contributed by atoms with E-state index in [1.807, 2.05) is 41.1 Å². The van der Waals surface area contributed by atoms with Gasteiger partial charge in [0.15, 0.2) is 0 Å². The summed E-state index contributed by atoms with van der Waals surface area (Å²) < 4.78 is 1.85. The molecule has 0 saturated carbocycles. The normalized spacial score (nSPS) is 10.8. The van der Waals surface area contributed by atoms with Crippen LogP contribution in [-0.4, -0.2) is 40.5 Å². The minimum absolute atomic E-state index is 0.0652. The van der Waals surface area contributed by atoms with Crippen molar-refractivity contribution in [3.63, 3.8) is 0 Å². The summed E-state index contributed by atoms with van der Waals surface area (Å²) in [5.74, 6) is -0.0652. The van der Waals surface area contributed by atoms with Crippen LogP contribution in [0.4, 0.5) is 0 Å². The lowest BCUT2D eigenvalue weighted by molar-refractivity contribution is 0.0945. The SMILES string of the molecule is CN(CCCNC(=O)c1cccn1-c1cccnc1)Cc1ccccc1. The molecule has 5 heteroatoms. The zero-order valence-corrected chi connectivity index (χ0v) is 15.0. The van der Waals surface area contributed by atoms with Crippen molar-refractivity contribution in [2.24, 2.45) is 0 Å². The van der Waals surface area contributed by atoms with E-state index in [4.69, 9.17) is 0 Å². The van der Waals surface area contributed by atoms with Gasteiger partial charge in [0, 0.05) is 25.5 Å². The van der Waals surface area contributed by atoms with E-state index in [9.17, 15) is 4.79 Å². The van der Waals surface area contributed by atoms with E-state index >= 15 is 0 Å². The monoisotopic (exact) mass is 348 g/mol. The fourth-order valence-electron chi connectivity index (χ4n) is 2.90. The zero-order valence-electron chi connectivity index (χ0n) is 15.0. The average molecular weight is 348 g/mol. The first-order valence-electron chi connectivity index (χ1n) is 8.82. The maximum atomic E-state index is 12.5. The Bertz CT molecular complexity index is 814. The molecule has 1 amide bonds. The van der Waals surface area contributed by atoms with Gasteiger partial charge in [0.05, 0.1) is 11.9 Å². The van der Waals surface area contributed by atoms with Gasteiger partial charge < -0.3 is 14.8 Å². The summed E-state index contributed by atoms with van der Waals surface area (Å²) in [5, 5.41) is 3.01. The summed E-state index contributed by atoms with van der Waals surface area (Å²) in [4.78, 5) is 18.8. The number of carbonyl (C=O) groups excluding carboxylic acids is 1. The standard InChI is InChI=1S/C21H24N4O/c1-24(17-18-8-3-2-4-9-18)14-7-13-23-21(26)20-11-6-15-25(20)19-10-5-12-22-16-19/h2-6,8-12,15-16H,7,13-14,17H2,1H3,(H,23,26). The Morgan fingerprint density at radius 1 is 1.12 bits per heavy atom. The second-order valence-corrected chi connectivity index (χ2v) is 6.31. The van der Waals surface area contributed by atoms with E-state index in [2.05, 4.69) is 46.5 Å². The van der Waals surface area contributed by atoms with Gasteiger partial charge in [-0.3, -0.25) is 9.78 Å². The maximum Gasteiger partial charge on any atom is 0.268 e. The highest BCUT2D eigenvalue weighted by Gasteiger charge is 2.11. The van der Waals surface area contributed by atoms with Crippen LogP contribution in [0.1, 0.15) is 22.5 Å². The fourth-order valence-corrected chi connectivity index (χ4v) is 2.90. The molecule has 5 nitrogen and oxygen atoms in total. The number of pyridine rings is 1. The van der Waals surface area contributed by atoms with E-state index in [1.54, 1.807) is 12.4 Å². The van der Waals surface area contributed by atoms with Gasteiger partial charge in [0.25, 0.3) is 5.91 Å². The first-order valence-corrected chi connectivity index (χ1v) is 8.82. The number of hydrogen-bond donors (Lipinski definition) is 1. The first kappa shape index (κ1) is 17.9. The van der Waals surface area contributed by atoms with Crippen LogP contribution in [0.25, 0.3) is 5.69 Å². The van der Waals surface area contributed by atoms with Crippen molar-refractivity contribution < 1.29 is 4.79 Å². The molecule has 3 aromatic rings. The third-order valence-electron chi connectivity index (χ3n) is 4.20. The Labute approximate surface area is 154 Å². The molecule has 1 aromatic carbocycles. The number of aromatic nitrogens is 2. The molecule has 2 aromatic heterocycles. The van der Waals surface area contributed by atoms with Crippen LogP contribution in [-0.2, 0) is 6.54 Å². The van der Waals surface area contributed by atoms with Crippen LogP contribution in [0.3, 0.4) is 0 Å². The van der Waals surface area contributed by atoms with Crippen molar-refractivity contribution in [2.75, 3.05) is 20.1 Å². The molecule has 0 atom stereocenters. The van der Waals surface area contributed by atoms with Gasteiger partial charge in [-0.1, -0.05) is 30.3 Å². The third kappa shape index (κ3) is 4.80. The quantitative estimate of drug-likeness (QED) is 0.636. The summed E-state index contributed by atoms with van der Waals surface area (Å²) in [6.07, 6.45) is 6.25. The van der Waals surface area contributed by atoms with Crippen molar-refractivity contribution >= 4 is 5.91 Å². The molecule has 0 fully saturated rings. The number of amides is 1. The van der Waals surface area contributed by atoms with E-state index in [0.717, 1.165) is 25.2 Å². The van der Waals surface area contributed by atoms with E-state index in [0.29, 0.717) is 12.2 Å². The topological polar surface area (TPSA) is 50.2 Å². The Balaban J connectivity index is 1.46. The molecule has 0 aliphatic rings. The van der Waals surface area contributed by atoms with Crippen LogP contribution in [0.5, 0.6) is 0 Å². The van der Waals surface area contributed by atoms with Gasteiger partial charge in [0.2, 0.25) is 0 Å². The highest BCUT2D eigenvalue weighted by Crippen LogP contribution is 2.11. The largest absolute Gasteiger partial charge is 0.351 e. The van der Waals surface area contributed by atoms with Gasteiger partial charge >= 0.3 is 0 Å². The van der Waals surface area contributed by atoms with Crippen LogP contribution in [0, 0.1) is 0 Å². The number of benzene rings is 1. The molecule has 0 radical (unpaired) electrons. The van der Waals surface area contributed by atoms with Crippen molar-refractivity contribution in [1.29, 1.82) is 0 Å². The lowest BCUT2D eigenvalue weighted by Gasteiger charge is -2.17. The molecule has 0 saturated heterocycles. The average Bonchev–Trinajstić information content (AvgIpc) is 3.16. The number of nitrogens with zero attached hydrogens (tertiary/aromatic N) is 3. The predicted octanol–water partition coefficient (Wildman–Crippen LogP) is 3.12.